The molecule has 1 saturated carbocycles. The van der Waals surface area contributed by atoms with E-state index in [1.807, 2.05) is 11.5 Å². The Morgan fingerprint density at radius 1 is 1.36 bits per heavy atom. The maximum atomic E-state index is 14.4. The Bertz CT molecular complexity index is 711. The standard InChI is InChI=1S/C19H23FN2O2S/c20-13-9-11(2-1-10(13)5-7-21)16-15(23)4-3-14-17(16)12-6-8-25-18(12)19(24)22-14/h1-2,6,8-9,12,14-18,23H,3-5,7,21H2,(H,22,24). The van der Waals surface area contributed by atoms with Crippen LogP contribution < -0.4 is 11.1 Å². The van der Waals surface area contributed by atoms with Gasteiger partial charge in [-0.3, -0.25) is 4.79 Å². The third-order valence-electron chi connectivity index (χ3n) is 5.85. The third kappa shape index (κ3) is 2.90. The normalized spacial score (nSPS) is 36.7. The number of amides is 1. The number of aliphatic hydroxyl groups excluding tert-OH is 1. The first-order chi connectivity index (χ1) is 12.1. The van der Waals surface area contributed by atoms with Crippen LogP contribution in [0.4, 0.5) is 4.39 Å². The molecule has 2 fully saturated rings. The molecule has 6 atom stereocenters. The van der Waals surface area contributed by atoms with Gasteiger partial charge in [0.25, 0.3) is 0 Å². The Morgan fingerprint density at radius 3 is 2.96 bits per heavy atom. The van der Waals surface area contributed by atoms with Gasteiger partial charge in [-0.25, -0.2) is 4.39 Å². The van der Waals surface area contributed by atoms with E-state index in [-0.39, 0.29) is 40.8 Å². The predicted molar refractivity (Wildman–Crippen MR) is 96.6 cm³/mol. The van der Waals surface area contributed by atoms with E-state index in [0.717, 1.165) is 12.0 Å². The first-order valence-corrected chi connectivity index (χ1v) is 9.83. The van der Waals surface area contributed by atoms with Crippen LogP contribution >= 0.6 is 11.8 Å². The summed E-state index contributed by atoms with van der Waals surface area (Å²) in [5.74, 6) is -0.157. The molecule has 6 unspecified atom stereocenters. The van der Waals surface area contributed by atoms with Crippen LogP contribution in [0.25, 0.3) is 0 Å². The van der Waals surface area contributed by atoms with E-state index in [1.165, 1.54) is 11.8 Å². The minimum absolute atomic E-state index is 0.0391. The van der Waals surface area contributed by atoms with Gasteiger partial charge in [-0.1, -0.05) is 18.2 Å². The molecule has 1 aromatic rings. The molecule has 1 saturated heterocycles. The van der Waals surface area contributed by atoms with Gasteiger partial charge in [0.1, 0.15) is 5.82 Å². The van der Waals surface area contributed by atoms with Gasteiger partial charge in [0.05, 0.1) is 11.4 Å². The molecule has 3 aliphatic rings. The molecule has 4 rings (SSSR count). The molecular weight excluding hydrogens is 339 g/mol. The van der Waals surface area contributed by atoms with Crippen LogP contribution in [0.3, 0.4) is 0 Å². The number of aliphatic hydroxyl groups is 1. The summed E-state index contributed by atoms with van der Waals surface area (Å²) in [7, 11) is 0. The summed E-state index contributed by atoms with van der Waals surface area (Å²) in [6.07, 6.45) is 3.47. The first-order valence-electron chi connectivity index (χ1n) is 8.89. The molecule has 0 aromatic heterocycles. The summed E-state index contributed by atoms with van der Waals surface area (Å²) in [4.78, 5) is 12.3. The maximum Gasteiger partial charge on any atom is 0.234 e. The van der Waals surface area contributed by atoms with Crippen LogP contribution in [0.15, 0.2) is 29.7 Å². The molecule has 6 heteroatoms. The fourth-order valence-electron chi connectivity index (χ4n) is 4.72. The molecular formula is C19H23FN2O2S. The number of halogens is 1. The van der Waals surface area contributed by atoms with Gasteiger partial charge < -0.3 is 16.2 Å². The quantitative estimate of drug-likeness (QED) is 0.768. The zero-order valence-corrected chi connectivity index (χ0v) is 14.7. The molecule has 0 spiro atoms. The van der Waals surface area contributed by atoms with Gasteiger partial charge in [-0.05, 0) is 54.3 Å². The SMILES string of the molecule is NCCc1ccc(C2C(O)CCC3NC(=O)C4SC=CC4C32)cc1F. The molecule has 0 radical (unpaired) electrons. The highest BCUT2D eigenvalue weighted by atomic mass is 32.2. The van der Waals surface area contributed by atoms with Gasteiger partial charge in [0.2, 0.25) is 5.91 Å². The molecule has 1 aromatic carbocycles. The largest absolute Gasteiger partial charge is 0.392 e. The van der Waals surface area contributed by atoms with Crippen LogP contribution in [0.5, 0.6) is 0 Å². The number of benzene rings is 1. The molecule has 4 N–H and O–H groups in total. The number of rotatable bonds is 3. The van der Waals surface area contributed by atoms with Gasteiger partial charge in [-0.15, -0.1) is 11.8 Å². The highest BCUT2D eigenvalue weighted by Gasteiger charge is 2.51. The molecule has 25 heavy (non-hydrogen) atoms. The Morgan fingerprint density at radius 2 is 2.20 bits per heavy atom. The summed E-state index contributed by atoms with van der Waals surface area (Å²) >= 11 is 1.54. The average molecular weight is 362 g/mol. The number of thioether (sulfide) groups is 1. The van der Waals surface area contributed by atoms with Crippen LogP contribution in [-0.4, -0.2) is 35.0 Å². The summed E-state index contributed by atoms with van der Waals surface area (Å²) < 4.78 is 14.4. The highest BCUT2D eigenvalue weighted by molar-refractivity contribution is 8.03. The van der Waals surface area contributed by atoms with Crippen molar-refractivity contribution in [1.29, 1.82) is 0 Å². The minimum atomic E-state index is -0.518. The third-order valence-corrected chi connectivity index (χ3v) is 6.98. The topological polar surface area (TPSA) is 75.3 Å². The summed E-state index contributed by atoms with van der Waals surface area (Å²) in [5.41, 5.74) is 6.96. The van der Waals surface area contributed by atoms with E-state index in [9.17, 15) is 14.3 Å². The molecule has 2 aliphatic heterocycles. The Kier molecular flexibility index (Phi) is 4.60. The summed E-state index contributed by atoms with van der Waals surface area (Å²) in [6.45, 7) is 0.408. The van der Waals surface area contributed by atoms with Crippen LogP contribution in [0.1, 0.15) is 29.9 Å². The summed E-state index contributed by atoms with van der Waals surface area (Å²) in [5, 5.41) is 15.7. The van der Waals surface area contributed by atoms with Crippen molar-refractivity contribution in [2.75, 3.05) is 6.54 Å². The van der Waals surface area contributed by atoms with Crippen molar-refractivity contribution in [1.82, 2.24) is 5.32 Å². The zero-order valence-electron chi connectivity index (χ0n) is 13.9. The van der Waals surface area contributed by atoms with E-state index in [1.54, 1.807) is 12.1 Å². The number of hydrogen-bond acceptors (Lipinski definition) is 4. The molecule has 4 nitrogen and oxygen atoms in total. The van der Waals surface area contributed by atoms with E-state index in [0.29, 0.717) is 24.9 Å². The average Bonchev–Trinajstić information content (AvgIpc) is 3.08. The number of fused-ring (bicyclic) bond motifs is 3. The summed E-state index contributed by atoms with van der Waals surface area (Å²) in [6, 6.07) is 5.30. The number of hydrogen-bond donors (Lipinski definition) is 3. The lowest BCUT2D eigenvalue weighted by Gasteiger charge is -2.48. The van der Waals surface area contributed by atoms with E-state index < -0.39 is 6.10 Å². The second-order valence-electron chi connectivity index (χ2n) is 7.22. The lowest BCUT2D eigenvalue weighted by Crippen LogP contribution is -2.59. The molecule has 134 valence electrons. The second-order valence-corrected chi connectivity index (χ2v) is 8.27. The van der Waals surface area contributed by atoms with Crippen molar-refractivity contribution < 1.29 is 14.3 Å². The van der Waals surface area contributed by atoms with Gasteiger partial charge in [0.15, 0.2) is 0 Å². The number of piperidine rings is 1. The van der Waals surface area contributed by atoms with Crippen molar-refractivity contribution in [3.05, 3.63) is 46.6 Å². The fourth-order valence-corrected chi connectivity index (χ4v) is 5.81. The number of carbonyl (C=O) groups is 1. The predicted octanol–water partition coefficient (Wildman–Crippen LogP) is 1.93. The van der Waals surface area contributed by atoms with Gasteiger partial charge >= 0.3 is 0 Å². The van der Waals surface area contributed by atoms with Gasteiger partial charge in [0, 0.05) is 17.9 Å². The van der Waals surface area contributed by atoms with Crippen molar-refractivity contribution >= 4 is 17.7 Å². The van der Waals surface area contributed by atoms with Crippen LogP contribution in [-0.2, 0) is 11.2 Å². The number of allylic oxidation sites excluding steroid dienone is 1. The maximum absolute atomic E-state index is 14.4. The van der Waals surface area contributed by atoms with E-state index >= 15 is 0 Å². The zero-order chi connectivity index (χ0) is 17.6. The Balaban J connectivity index is 1.70. The van der Waals surface area contributed by atoms with Crippen molar-refractivity contribution in [3.8, 4) is 0 Å². The minimum Gasteiger partial charge on any atom is -0.392 e. The Labute approximate surface area is 151 Å². The lowest BCUT2D eigenvalue weighted by molar-refractivity contribution is -0.126. The highest BCUT2D eigenvalue weighted by Crippen LogP contribution is 2.50. The van der Waals surface area contributed by atoms with E-state index in [2.05, 4.69) is 11.4 Å². The Hall–Kier alpha value is -1.37. The lowest BCUT2D eigenvalue weighted by atomic mass is 9.63. The van der Waals surface area contributed by atoms with Crippen molar-refractivity contribution in [2.45, 2.75) is 42.6 Å². The monoisotopic (exact) mass is 362 g/mol. The molecule has 1 aliphatic carbocycles. The second kappa shape index (κ2) is 6.74. The van der Waals surface area contributed by atoms with Crippen LogP contribution in [0, 0.1) is 17.7 Å². The van der Waals surface area contributed by atoms with Crippen LogP contribution in [0.2, 0.25) is 0 Å². The number of nitrogens with one attached hydrogen (secondary N) is 1. The number of carbonyl (C=O) groups excluding carboxylic acids is 1. The first kappa shape index (κ1) is 17.1. The molecule has 1 amide bonds. The van der Waals surface area contributed by atoms with Crippen molar-refractivity contribution in [3.63, 3.8) is 0 Å². The van der Waals surface area contributed by atoms with Crippen molar-refractivity contribution in [2.24, 2.45) is 17.6 Å². The fraction of sp³-hybridized carbons (Fsp3) is 0.526. The van der Waals surface area contributed by atoms with Gasteiger partial charge in [-0.2, -0.15) is 0 Å². The number of nitrogens with two attached hydrogens (primary N) is 1. The van der Waals surface area contributed by atoms with E-state index in [4.69, 9.17) is 5.73 Å². The molecule has 0 bridgehead atoms. The smallest absolute Gasteiger partial charge is 0.234 e. The molecule has 2 heterocycles.